The molecule has 0 bridgehead atoms. The van der Waals surface area contributed by atoms with E-state index in [-0.39, 0.29) is 5.91 Å². The zero-order valence-electron chi connectivity index (χ0n) is 21.5. The van der Waals surface area contributed by atoms with Gasteiger partial charge in [-0.25, -0.2) is 0 Å². The molecule has 40 heavy (non-hydrogen) atoms. The van der Waals surface area contributed by atoms with Gasteiger partial charge in [0.05, 0.1) is 17.1 Å². The number of hydrogen-bond donors (Lipinski definition) is 1. The number of rotatable bonds is 5. The number of benzene rings is 3. The van der Waals surface area contributed by atoms with Gasteiger partial charge in [0.15, 0.2) is 11.5 Å². The van der Waals surface area contributed by atoms with E-state index >= 15 is 0 Å². The van der Waals surface area contributed by atoms with Crippen LogP contribution >= 0.6 is 11.8 Å². The van der Waals surface area contributed by atoms with Crippen LogP contribution in [0.25, 0.3) is 28.3 Å². The van der Waals surface area contributed by atoms with Crippen molar-refractivity contribution in [3.05, 3.63) is 109 Å². The number of aromatic nitrogens is 5. The predicted octanol–water partition coefficient (Wildman–Crippen LogP) is 6.48. The van der Waals surface area contributed by atoms with E-state index in [2.05, 4.69) is 49.7 Å². The second-order valence-corrected chi connectivity index (χ2v) is 10.5. The summed E-state index contributed by atoms with van der Waals surface area (Å²) in [6, 6.07) is 31.2. The number of nitrogens with zero attached hydrogens (tertiary/aromatic N) is 6. The molecule has 1 unspecified atom stereocenters. The van der Waals surface area contributed by atoms with Crippen LogP contribution in [0, 0.1) is 0 Å². The van der Waals surface area contributed by atoms with Crippen LogP contribution in [0.5, 0.6) is 0 Å². The van der Waals surface area contributed by atoms with Crippen molar-refractivity contribution in [1.29, 1.82) is 0 Å². The van der Waals surface area contributed by atoms with Crippen LogP contribution in [-0.4, -0.2) is 36.7 Å². The lowest BCUT2D eigenvalue weighted by atomic mass is 10.1. The molecule has 0 radical (unpaired) electrons. The highest BCUT2D eigenvalue weighted by molar-refractivity contribution is 7.99. The van der Waals surface area contributed by atoms with Crippen molar-refractivity contribution in [2.75, 3.05) is 10.2 Å². The van der Waals surface area contributed by atoms with E-state index < -0.39 is 6.04 Å². The highest BCUT2D eigenvalue weighted by Gasteiger charge is 2.30. The molecular formula is C31H23N7OS. The zero-order chi connectivity index (χ0) is 27.1. The van der Waals surface area contributed by atoms with Gasteiger partial charge >= 0.3 is 0 Å². The van der Waals surface area contributed by atoms with E-state index in [0.717, 1.165) is 43.7 Å². The fourth-order valence-electron chi connectivity index (χ4n) is 4.86. The summed E-state index contributed by atoms with van der Waals surface area (Å²) in [6.07, 6.45) is 3.44. The van der Waals surface area contributed by atoms with Gasteiger partial charge in [-0.05, 0) is 67.6 Å². The average molecular weight is 542 g/mol. The van der Waals surface area contributed by atoms with E-state index in [1.54, 1.807) is 28.7 Å². The number of anilines is 3. The van der Waals surface area contributed by atoms with Gasteiger partial charge < -0.3 is 10.2 Å². The number of carbonyl (C=O) groups excluding carboxylic acids is 1. The minimum absolute atomic E-state index is 0.0877. The van der Waals surface area contributed by atoms with E-state index in [9.17, 15) is 4.79 Å². The summed E-state index contributed by atoms with van der Waals surface area (Å²) in [5.41, 5.74) is 6.02. The molecule has 1 N–H and O–H groups in total. The normalized spacial score (nSPS) is 13.0. The van der Waals surface area contributed by atoms with Crippen LogP contribution in [-0.2, 0) is 4.79 Å². The number of nitrogens with one attached hydrogen (secondary N) is 1. The van der Waals surface area contributed by atoms with E-state index in [4.69, 9.17) is 5.10 Å². The molecule has 3 aromatic carbocycles. The third-order valence-electron chi connectivity index (χ3n) is 6.89. The van der Waals surface area contributed by atoms with Crippen molar-refractivity contribution < 1.29 is 4.79 Å². The van der Waals surface area contributed by atoms with Crippen LogP contribution in [0.15, 0.2) is 119 Å². The molecule has 0 saturated heterocycles. The van der Waals surface area contributed by atoms with Crippen molar-refractivity contribution in [3.63, 3.8) is 0 Å². The maximum atomic E-state index is 13.5. The van der Waals surface area contributed by atoms with Crippen LogP contribution < -0.4 is 10.2 Å². The minimum Gasteiger partial charge on any atom is -0.327 e. The maximum absolute atomic E-state index is 13.5. The second-order valence-electron chi connectivity index (χ2n) is 9.40. The van der Waals surface area contributed by atoms with Gasteiger partial charge in [0, 0.05) is 39.0 Å². The zero-order valence-corrected chi connectivity index (χ0v) is 22.3. The Morgan fingerprint density at radius 1 is 0.775 bits per heavy atom. The van der Waals surface area contributed by atoms with E-state index in [1.807, 2.05) is 79.7 Å². The number of fused-ring (bicyclic) bond motifs is 3. The first-order valence-electron chi connectivity index (χ1n) is 12.8. The summed E-state index contributed by atoms with van der Waals surface area (Å²) < 4.78 is 1.73. The highest BCUT2D eigenvalue weighted by Crippen LogP contribution is 2.48. The van der Waals surface area contributed by atoms with Crippen molar-refractivity contribution in [1.82, 2.24) is 24.8 Å². The summed E-state index contributed by atoms with van der Waals surface area (Å²) in [7, 11) is 0. The lowest BCUT2D eigenvalue weighted by molar-refractivity contribution is -0.117. The highest BCUT2D eigenvalue weighted by atomic mass is 32.2. The molecule has 8 nitrogen and oxygen atoms in total. The smallest absolute Gasteiger partial charge is 0.247 e. The lowest BCUT2D eigenvalue weighted by Gasteiger charge is -2.36. The molecule has 7 rings (SSSR count). The Morgan fingerprint density at radius 3 is 2.15 bits per heavy atom. The minimum atomic E-state index is -0.424. The van der Waals surface area contributed by atoms with Crippen molar-refractivity contribution >= 4 is 40.4 Å². The van der Waals surface area contributed by atoms with Crippen molar-refractivity contribution in [3.8, 4) is 22.6 Å². The molecule has 1 amide bonds. The maximum Gasteiger partial charge on any atom is 0.247 e. The molecule has 9 heteroatoms. The quantitative estimate of drug-likeness (QED) is 0.267. The number of carbonyl (C=O) groups is 1. The molecule has 194 valence electrons. The van der Waals surface area contributed by atoms with Crippen molar-refractivity contribution in [2.45, 2.75) is 22.8 Å². The second kappa shape index (κ2) is 9.94. The third kappa shape index (κ3) is 4.26. The first-order chi connectivity index (χ1) is 19.7. The van der Waals surface area contributed by atoms with Crippen LogP contribution in [0.4, 0.5) is 17.1 Å². The first kappa shape index (κ1) is 24.1. The van der Waals surface area contributed by atoms with Crippen molar-refractivity contribution in [2.24, 2.45) is 0 Å². The van der Waals surface area contributed by atoms with Gasteiger partial charge in [0.25, 0.3) is 0 Å². The standard InChI is InChI=1S/C31H23N7OS/c1-20(37-25-6-2-4-8-27(25)40-28-9-5-3-7-26(28)37)31(39)33-23-12-10-21(11-13-23)24-14-15-29-34-35-30(38(29)36-24)22-16-18-32-19-17-22/h2-20H,1H3,(H,33,39). The Kier molecular flexibility index (Phi) is 5.98. The molecule has 0 spiro atoms. The lowest BCUT2D eigenvalue weighted by Crippen LogP contribution is -2.40. The topological polar surface area (TPSA) is 88.3 Å². The Hall–Kier alpha value is -5.02. The molecule has 0 fully saturated rings. The summed E-state index contributed by atoms with van der Waals surface area (Å²) >= 11 is 1.73. The van der Waals surface area contributed by atoms with Gasteiger partial charge in [0.2, 0.25) is 5.91 Å². The third-order valence-corrected chi connectivity index (χ3v) is 8.02. The Bertz CT molecular complexity index is 1810. The van der Waals surface area contributed by atoms with E-state index in [1.165, 1.54) is 0 Å². The number of amides is 1. The Labute approximate surface area is 234 Å². The molecule has 0 saturated carbocycles. The van der Waals surface area contributed by atoms with Gasteiger partial charge in [-0.2, -0.15) is 9.61 Å². The molecule has 1 atom stereocenters. The Balaban J connectivity index is 1.13. The van der Waals surface area contributed by atoms with Gasteiger partial charge in [0.1, 0.15) is 6.04 Å². The number of hydrogen-bond acceptors (Lipinski definition) is 7. The Morgan fingerprint density at radius 2 is 1.45 bits per heavy atom. The molecule has 6 aromatic rings. The summed E-state index contributed by atoms with van der Waals surface area (Å²) in [6.45, 7) is 1.94. The monoisotopic (exact) mass is 541 g/mol. The summed E-state index contributed by atoms with van der Waals surface area (Å²) in [5, 5.41) is 16.4. The van der Waals surface area contributed by atoms with Gasteiger partial charge in [-0.15, -0.1) is 10.2 Å². The molecule has 3 aromatic heterocycles. The van der Waals surface area contributed by atoms with Gasteiger partial charge in [-0.1, -0.05) is 48.2 Å². The summed E-state index contributed by atoms with van der Waals surface area (Å²) in [4.78, 5) is 21.9. The predicted molar refractivity (Wildman–Crippen MR) is 157 cm³/mol. The van der Waals surface area contributed by atoms with Gasteiger partial charge in [-0.3, -0.25) is 9.78 Å². The SMILES string of the molecule is CC(C(=O)Nc1ccc(-c2ccc3nnc(-c4ccncc4)n3n2)cc1)N1c2ccccc2Sc2ccccc21. The molecule has 4 heterocycles. The fourth-order valence-corrected chi connectivity index (χ4v) is 5.93. The van der Waals surface area contributed by atoms with Crippen LogP contribution in [0.2, 0.25) is 0 Å². The first-order valence-corrected chi connectivity index (χ1v) is 13.7. The molecule has 0 aliphatic carbocycles. The number of pyridine rings is 1. The fraction of sp³-hybridized carbons (Fsp3) is 0.0645. The van der Waals surface area contributed by atoms with Crippen LogP contribution in [0.3, 0.4) is 0 Å². The van der Waals surface area contributed by atoms with Crippen LogP contribution in [0.1, 0.15) is 6.92 Å². The molecule has 1 aliphatic heterocycles. The summed E-state index contributed by atoms with van der Waals surface area (Å²) in [5.74, 6) is 0.562. The van der Waals surface area contributed by atoms with E-state index in [0.29, 0.717) is 11.5 Å². The molecular weight excluding hydrogens is 518 g/mol. The number of para-hydroxylation sites is 2. The largest absolute Gasteiger partial charge is 0.327 e. The average Bonchev–Trinajstić information content (AvgIpc) is 3.44. The molecule has 1 aliphatic rings.